The molecule has 0 saturated carbocycles. The zero-order valence-electron chi connectivity index (χ0n) is 18.5. The van der Waals surface area contributed by atoms with Crippen molar-refractivity contribution in [1.29, 1.82) is 0 Å². The normalized spacial score (nSPS) is 16.7. The molecule has 1 aliphatic rings. The number of rotatable bonds is 7. The number of nitrogens with one attached hydrogen (secondary N) is 2. The van der Waals surface area contributed by atoms with Crippen molar-refractivity contribution in [2.24, 2.45) is 5.92 Å². The molecule has 30 heavy (non-hydrogen) atoms. The molecule has 0 radical (unpaired) electrons. The molecule has 1 aromatic carbocycles. The lowest BCUT2D eigenvalue weighted by Crippen LogP contribution is -2.45. The predicted octanol–water partition coefficient (Wildman–Crippen LogP) is 2.80. The number of ether oxygens (including phenoxy) is 3. The molecule has 2 atom stereocenters. The van der Waals surface area contributed by atoms with Crippen molar-refractivity contribution in [3.8, 4) is 5.75 Å². The monoisotopic (exact) mass is 438 g/mol. The average molecular weight is 439 g/mol. The molecular weight excluding hydrogens is 408 g/mol. The number of alkyl carbamates (subject to hydrolysis) is 1. The summed E-state index contributed by atoms with van der Waals surface area (Å²) in [6.45, 7) is 9.57. The van der Waals surface area contributed by atoms with Crippen LogP contribution in [-0.4, -0.2) is 48.7 Å². The lowest BCUT2D eigenvalue weighted by atomic mass is 10.0. The molecule has 1 unspecified atom stereocenters. The number of hydrogen-bond donors (Lipinski definition) is 2. The molecule has 166 valence electrons. The number of fused-ring (bicyclic) bond motifs is 1. The van der Waals surface area contributed by atoms with E-state index in [0.29, 0.717) is 21.9 Å². The van der Waals surface area contributed by atoms with Gasteiger partial charge in [-0.2, -0.15) is 0 Å². The third-order valence-electron chi connectivity index (χ3n) is 4.44. The Balaban J connectivity index is 2.34. The van der Waals surface area contributed by atoms with Gasteiger partial charge in [0.25, 0.3) is 0 Å². The third kappa shape index (κ3) is 5.53. The molecule has 2 N–H and O–H groups in total. The second-order valence-corrected chi connectivity index (χ2v) is 9.59. The van der Waals surface area contributed by atoms with Crippen molar-refractivity contribution in [2.45, 2.75) is 51.2 Å². The maximum atomic E-state index is 13.0. The molecule has 0 fully saturated rings. The van der Waals surface area contributed by atoms with Gasteiger partial charge >= 0.3 is 12.1 Å². The molecule has 0 spiro atoms. The minimum atomic E-state index is -1.69. The van der Waals surface area contributed by atoms with E-state index in [2.05, 4.69) is 10.6 Å². The van der Waals surface area contributed by atoms with Crippen molar-refractivity contribution in [1.82, 2.24) is 10.6 Å². The molecule has 0 bridgehead atoms. The van der Waals surface area contributed by atoms with E-state index < -0.39 is 28.5 Å². The van der Waals surface area contributed by atoms with Gasteiger partial charge in [-0.15, -0.1) is 0 Å². The Kier molecular flexibility index (Phi) is 7.52. The van der Waals surface area contributed by atoms with Gasteiger partial charge in [0.05, 0.1) is 35.6 Å². The fourth-order valence-corrected chi connectivity index (χ4v) is 4.24. The number of hydrogen-bond acceptors (Lipinski definition) is 7. The van der Waals surface area contributed by atoms with E-state index in [1.165, 1.54) is 14.2 Å². The van der Waals surface area contributed by atoms with E-state index in [-0.39, 0.29) is 23.4 Å². The molecule has 8 nitrogen and oxygen atoms in total. The number of amides is 1. The molecule has 1 aliphatic heterocycles. The van der Waals surface area contributed by atoms with Gasteiger partial charge in [0.2, 0.25) is 0 Å². The summed E-state index contributed by atoms with van der Waals surface area (Å²) < 4.78 is 28.4. The summed E-state index contributed by atoms with van der Waals surface area (Å²) in [6, 6.07) is 4.83. The Labute approximate surface area is 179 Å². The Morgan fingerprint density at radius 1 is 1.17 bits per heavy atom. The third-order valence-corrected chi connectivity index (χ3v) is 5.94. The van der Waals surface area contributed by atoms with Crippen molar-refractivity contribution in [2.75, 3.05) is 20.8 Å². The van der Waals surface area contributed by atoms with E-state index in [4.69, 9.17) is 14.2 Å². The van der Waals surface area contributed by atoms with Crippen LogP contribution >= 0.6 is 0 Å². The highest BCUT2D eigenvalue weighted by atomic mass is 32.2. The maximum Gasteiger partial charge on any atom is 0.407 e. The van der Waals surface area contributed by atoms with Crippen molar-refractivity contribution < 1.29 is 28.0 Å². The summed E-state index contributed by atoms with van der Waals surface area (Å²) in [6.07, 6.45) is -0.533. The fourth-order valence-electron chi connectivity index (χ4n) is 2.88. The van der Waals surface area contributed by atoms with E-state index >= 15 is 0 Å². The molecule has 0 aromatic heterocycles. The van der Waals surface area contributed by atoms with Crippen molar-refractivity contribution in [3.05, 3.63) is 28.7 Å². The van der Waals surface area contributed by atoms with Crippen molar-refractivity contribution in [3.63, 3.8) is 0 Å². The van der Waals surface area contributed by atoms with E-state index in [1.54, 1.807) is 39.0 Å². The largest absolute Gasteiger partial charge is 0.497 e. The van der Waals surface area contributed by atoms with Gasteiger partial charge in [-0.3, -0.25) is 0 Å². The second kappa shape index (κ2) is 9.51. The van der Waals surface area contributed by atoms with Gasteiger partial charge in [-0.25, -0.2) is 13.8 Å². The molecular formula is C21H30N2O6S. The maximum absolute atomic E-state index is 13.0. The van der Waals surface area contributed by atoms with Gasteiger partial charge in [0.15, 0.2) is 4.91 Å². The number of benzene rings is 1. The van der Waals surface area contributed by atoms with Crippen LogP contribution < -0.4 is 15.4 Å². The van der Waals surface area contributed by atoms with Gasteiger partial charge in [-0.1, -0.05) is 13.8 Å². The molecule has 1 amide bonds. The van der Waals surface area contributed by atoms with Crippen LogP contribution in [0.3, 0.4) is 0 Å². The van der Waals surface area contributed by atoms with E-state index in [1.807, 2.05) is 13.8 Å². The summed E-state index contributed by atoms with van der Waals surface area (Å²) in [7, 11) is 1.10. The first-order valence-electron chi connectivity index (χ1n) is 9.64. The van der Waals surface area contributed by atoms with Crippen LogP contribution in [0.5, 0.6) is 5.75 Å². The molecule has 0 aliphatic carbocycles. The van der Waals surface area contributed by atoms with E-state index in [9.17, 15) is 13.8 Å². The van der Waals surface area contributed by atoms with Gasteiger partial charge < -0.3 is 24.8 Å². The highest BCUT2D eigenvalue weighted by molar-refractivity contribution is 7.90. The number of methoxy groups -OCH3 is 2. The van der Waals surface area contributed by atoms with Crippen LogP contribution in [-0.2, 0) is 25.1 Å². The summed E-state index contributed by atoms with van der Waals surface area (Å²) in [5.74, 6) is -0.0211. The molecule has 9 heteroatoms. The molecule has 0 saturated heterocycles. The SMILES string of the molecule is COC(=O)C1=C(N[C@@H](CNC(=O)OC(C)(C)C)C(C)C)c2cc(OC)ccc2S1=O. The van der Waals surface area contributed by atoms with Crippen molar-refractivity contribution >= 4 is 28.6 Å². The highest BCUT2D eigenvalue weighted by Crippen LogP contribution is 2.38. The molecule has 1 heterocycles. The van der Waals surface area contributed by atoms with Crippen LogP contribution in [0.4, 0.5) is 4.79 Å². The van der Waals surface area contributed by atoms with Crippen LogP contribution in [0.2, 0.25) is 0 Å². The lowest BCUT2D eigenvalue weighted by molar-refractivity contribution is -0.135. The Bertz CT molecular complexity index is 873. The standard InChI is InChI=1S/C21H30N2O6S/c1-12(2)15(11-22-20(25)29-21(3,4)5)23-17-14-10-13(27-6)8-9-16(14)30(26)18(17)19(24)28-7/h8-10,12,15,23H,11H2,1-7H3,(H,22,25)/t15-,30?/m0/s1. The summed E-state index contributed by atoms with van der Waals surface area (Å²) in [4.78, 5) is 25.0. The van der Waals surface area contributed by atoms with Crippen LogP contribution in [0.15, 0.2) is 28.0 Å². The minimum absolute atomic E-state index is 0.0451. The zero-order valence-corrected chi connectivity index (χ0v) is 19.3. The van der Waals surface area contributed by atoms with Crippen LogP contribution in [0.1, 0.15) is 40.2 Å². The molecule has 2 rings (SSSR count). The second-order valence-electron chi connectivity index (χ2n) is 8.20. The first-order valence-corrected chi connectivity index (χ1v) is 10.8. The Hall–Kier alpha value is -2.55. The predicted molar refractivity (Wildman–Crippen MR) is 114 cm³/mol. The topological polar surface area (TPSA) is 103 Å². The first-order chi connectivity index (χ1) is 14.0. The zero-order chi connectivity index (χ0) is 22.6. The summed E-state index contributed by atoms with van der Waals surface area (Å²) in [5, 5.41) is 6.04. The smallest absolute Gasteiger partial charge is 0.407 e. The Morgan fingerprint density at radius 3 is 2.37 bits per heavy atom. The van der Waals surface area contributed by atoms with Gasteiger partial charge in [0, 0.05) is 18.2 Å². The van der Waals surface area contributed by atoms with Gasteiger partial charge in [0.1, 0.15) is 11.4 Å². The lowest BCUT2D eigenvalue weighted by Gasteiger charge is -2.26. The first kappa shape index (κ1) is 23.7. The van der Waals surface area contributed by atoms with Gasteiger partial charge in [-0.05, 0) is 44.9 Å². The van der Waals surface area contributed by atoms with Crippen LogP contribution in [0.25, 0.3) is 5.70 Å². The number of carbonyl (C=O) groups is 2. The van der Waals surface area contributed by atoms with Crippen LogP contribution in [0, 0.1) is 5.92 Å². The fraction of sp³-hybridized carbons (Fsp3) is 0.524. The molecule has 1 aromatic rings. The Morgan fingerprint density at radius 2 is 1.83 bits per heavy atom. The number of esters is 1. The highest BCUT2D eigenvalue weighted by Gasteiger charge is 2.36. The quantitative estimate of drug-likeness (QED) is 0.631. The number of carbonyl (C=O) groups excluding carboxylic acids is 2. The van der Waals surface area contributed by atoms with E-state index in [0.717, 1.165) is 0 Å². The average Bonchev–Trinajstić information content (AvgIpc) is 2.93. The summed E-state index contributed by atoms with van der Waals surface area (Å²) >= 11 is 0. The summed E-state index contributed by atoms with van der Waals surface area (Å²) in [5.41, 5.74) is 0.415. The minimum Gasteiger partial charge on any atom is -0.497 e.